The number of allylic oxidation sites excluding steroid dienone is 1. The Labute approximate surface area is 184 Å². The summed E-state index contributed by atoms with van der Waals surface area (Å²) in [6.07, 6.45) is 9.74. The number of likely N-dealkylation sites (tertiary alicyclic amines) is 1. The van der Waals surface area contributed by atoms with Gasteiger partial charge in [0.1, 0.15) is 5.82 Å². The number of rotatable bonds is 3. The zero-order chi connectivity index (χ0) is 19.8. The Hall–Kier alpha value is -3.21. The second-order valence-electron chi connectivity index (χ2n) is 8.09. The van der Waals surface area contributed by atoms with Gasteiger partial charge in [-0.25, -0.2) is 4.98 Å². The van der Waals surface area contributed by atoms with Crippen molar-refractivity contribution in [2.24, 2.45) is 11.8 Å². The van der Waals surface area contributed by atoms with Gasteiger partial charge in [-0.2, -0.15) is 0 Å². The van der Waals surface area contributed by atoms with Crippen molar-refractivity contribution in [1.29, 1.82) is 0 Å². The SMILES string of the molecule is C.C.O=C1CCc2cc(/C=C/C(=O)N3C[C@@H]4CC(c5ccccc5)=C[C@@H]4C3)cnc2N1. The minimum atomic E-state index is 0. The standard InChI is InChI=1S/C24H23N3O2.2CH4/c28-22-8-7-18-10-16(13-25-24(18)26-22)6-9-23(29)27-14-20-11-19(12-21(20)15-27)17-4-2-1-3-5-17;;/h1-6,9-11,13,20-21H,7-8,12,14-15H2,(H,25,26,28);2*1H4/b9-6+;;/t20-,21+;;/m1../s1. The highest BCUT2D eigenvalue weighted by atomic mass is 16.2. The molecular weight excluding hydrogens is 386 g/mol. The van der Waals surface area contributed by atoms with Gasteiger partial charge >= 0.3 is 0 Å². The summed E-state index contributed by atoms with van der Waals surface area (Å²) in [6, 6.07) is 12.5. The van der Waals surface area contributed by atoms with E-state index in [-0.39, 0.29) is 26.7 Å². The van der Waals surface area contributed by atoms with Crippen LogP contribution in [0.3, 0.4) is 0 Å². The number of carbonyl (C=O) groups excluding carboxylic acids is 2. The van der Waals surface area contributed by atoms with Crippen LogP contribution in [0, 0.1) is 11.8 Å². The van der Waals surface area contributed by atoms with E-state index < -0.39 is 0 Å². The molecule has 1 aliphatic carbocycles. The smallest absolute Gasteiger partial charge is 0.246 e. The van der Waals surface area contributed by atoms with Crippen LogP contribution in [0.2, 0.25) is 0 Å². The Kier molecular flexibility index (Phi) is 6.74. The number of anilines is 1. The molecule has 5 heteroatoms. The van der Waals surface area contributed by atoms with Gasteiger partial charge in [0.05, 0.1) is 0 Å². The molecule has 1 N–H and O–H groups in total. The van der Waals surface area contributed by atoms with Crippen molar-refractivity contribution in [2.45, 2.75) is 34.1 Å². The van der Waals surface area contributed by atoms with Crippen molar-refractivity contribution in [3.05, 3.63) is 71.4 Å². The fraction of sp³-hybridized carbons (Fsp3) is 0.346. The summed E-state index contributed by atoms with van der Waals surface area (Å²) >= 11 is 0. The van der Waals surface area contributed by atoms with Crippen LogP contribution in [0.25, 0.3) is 11.6 Å². The Bertz CT molecular complexity index is 1030. The van der Waals surface area contributed by atoms with E-state index in [1.165, 1.54) is 11.1 Å². The fourth-order valence-corrected chi connectivity index (χ4v) is 4.60. The number of aromatic nitrogens is 1. The number of amides is 2. The molecule has 1 aromatic carbocycles. The van der Waals surface area contributed by atoms with E-state index in [1.807, 2.05) is 23.1 Å². The van der Waals surface area contributed by atoms with Crippen LogP contribution in [-0.4, -0.2) is 34.8 Å². The Morgan fingerprint density at radius 2 is 1.94 bits per heavy atom. The topological polar surface area (TPSA) is 62.3 Å². The third kappa shape index (κ3) is 4.61. The molecule has 3 aliphatic rings. The van der Waals surface area contributed by atoms with Gasteiger partial charge in [0.25, 0.3) is 0 Å². The van der Waals surface area contributed by atoms with Crippen molar-refractivity contribution < 1.29 is 9.59 Å². The van der Waals surface area contributed by atoms with Crippen LogP contribution in [-0.2, 0) is 16.0 Å². The number of nitrogens with one attached hydrogen (secondary N) is 1. The first kappa shape index (κ1) is 22.5. The van der Waals surface area contributed by atoms with Gasteiger partial charge in [-0.15, -0.1) is 0 Å². The molecule has 31 heavy (non-hydrogen) atoms. The summed E-state index contributed by atoms with van der Waals surface area (Å²) in [4.78, 5) is 30.4. The summed E-state index contributed by atoms with van der Waals surface area (Å²) < 4.78 is 0. The molecule has 2 aromatic rings. The lowest BCUT2D eigenvalue weighted by Gasteiger charge is -2.16. The van der Waals surface area contributed by atoms with Gasteiger partial charge in [0.15, 0.2) is 0 Å². The number of fused-ring (bicyclic) bond motifs is 2. The third-order valence-electron chi connectivity index (χ3n) is 6.13. The molecule has 2 atom stereocenters. The number of nitrogens with zero attached hydrogens (tertiary/aromatic N) is 2. The quantitative estimate of drug-likeness (QED) is 0.729. The molecule has 1 aromatic heterocycles. The van der Waals surface area contributed by atoms with Crippen molar-refractivity contribution in [1.82, 2.24) is 9.88 Å². The summed E-state index contributed by atoms with van der Waals surface area (Å²) in [7, 11) is 0. The number of hydrogen-bond donors (Lipinski definition) is 1. The summed E-state index contributed by atoms with van der Waals surface area (Å²) in [5, 5.41) is 2.78. The van der Waals surface area contributed by atoms with E-state index in [4.69, 9.17) is 0 Å². The fourth-order valence-electron chi connectivity index (χ4n) is 4.60. The molecule has 2 aliphatic heterocycles. The molecule has 1 fully saturated rings. The Morgan fingerprint density at radius 1 is 1.13 bits per heavy atom. The molecule has 0 spiro atoms. The minimum absolute atomic E-state index is 0. The highest BCUT2D eigenvalue weighted by Crippen LogP contribution is 2.40. The number of carbonyl (C=O) groups is 2. The predicted molar refractivity (Wildman–Crippen MR) is 126 cm³/mol. The third-order valence-corrected chi connectivity index (χ3v) is 6.13. The monoisotopic (exact) mass is 417 g/mol. The summed E-state index contributed by atoms with van der Waals surface area (Å²) in [6.45, 7) is 1.60. The molecule has 0 unspecified atom stereocenters. The minimum Gasteiger partial charge on any atom is -0.338 e. The van der Waals surface area contributed by atoms with Gasteiger partial charge in [0.2, 0.25) is 11.8 Å². The highest BCUT2D eigenvalue weighted by Gasteiger charge is 2.37. The van der Waals surface area contributed by atoms with Crippen LogP contribution < -0.4 is 5.32 Å². The molecule has 0 saturated carbocycles. The van der Waals surface area contributed by atoms with Crippen molar-refractivity contribution in [2.75, 3.05) is 18.4 Å². The number of hydrogen-bond acceptors (Lipinski definition) is 3. The van der Waals surface area contributed by atoms with E-state index in [1.54, 1.807) is 12.3 Å². The second-order valence-corrected chi connectivity index (χ2v) is 8.09. The summed E-state index contributed by atoms with van der Waals surface area (Å²) in [5.41, 5.74) is 4.62. The number of pyridine rings is 1. The van der Waals surface area contributed by atoms with Crippen LogP contribution in [0.5, 0.6) is 0 Å². The lowest BCUT2D eigenvalue weighted by molar-refractivity contribution is -0.125. The van der Waals surface area contributed by atoms with Crippen molar-refractivity contribution >= 4 is 29.3 Å². The molecule has 162 valence electrons. The first-order valence-corrected chi connectivity index (χ1v) is 10.2. The van der Waals surface area contributed by atoms with E-state index in [0.29, 0.717) is 30.5 Å². The lowest BCUT2D eigenvalue weighted by Crippen LogP contribution is -2.27. The van der Waals surface area contributed by atoms with Crippen molar-refractivity contribution in [3.8, 4) is 0 Å². The Morgan fingerprint density at radius 3 is 2.71 bits per heavy atom. The normalized spacial score (nSPS) is 21.5. The largest absolute Gasteiger partial charge is 0.338 e. The molecule has 0 radical (unpaired) electrons. The molecule has 3 heterocycles. The summed E-state index contributed by atoms with van der Waals surface area (Å²) in [5.74, 6) is 1.68. The molecule has 5 nitrogen and oxygen atoms in total. The van der Waals surface area contributed by atoms with E-state index >= 15 is 0 Å². The molecule has 2 amide bonds. The molecule has 0 bridgehead atoms. The number of aryl methyl sites for hydroxylation is 1. The zero-order valence-electron chi connectivity index (χ0n) is 16.2. The van der Waals surface area contributed by atoms with Gasteiger partial charge < -0.3 is 10.2 Å². The van der Waals surface area contributed by atoms with Gasteiger partial charge in [-0.05, 0) is 59.1 Å². The van der Waals surface area contributed by atoms with Gasteiger partial charge in [-0.3, -0.25) is 9.59 Å². The predicted octanol–water partition coefficient (Wildman–Crippen LogP) is 4.81. The van der Waals surface area contributed by atoms with Crippen molar-refractivity contribution in [3.63, 3.8) is 0 Å². The maximum atomic E-state index is 12.7. The molecule has 5 rings (SSSR count). The lowest BCUT2D eigenvalue weighted by atomic mass is 9.98. The highest BCUT2D eigenvalue weighted by molar-refractivity contribution is 5.94. The van der Waals surface area contributed by atoms with Gasteiger partial charge in [0, 0.05) is 31.8 Å². The molecular formula is C26H31N3O2. The van der Waals surface area contributed by atoms with Crippen LogP contribution >= 0.6 is 0 Å². The van der Waals surface area contributed by atoms with E-state index in [0.717, 1.165) is 30.6 Å². The van der Waals surface area contributed by atoms with Crippen LogP contribution in [0.1, 0.15) is 44.4 Å². The van der Waals surface area contributed by atoms with Crippen LogP contribution in [0.4, 0.5) is 5.82 Å². The first-order chi connectivity index (χ1) is 14.2. The molecule has 1 saturated heterocycles. The average Bonchev–Trinajstić information content (AvgIpc) is 3.32. The van der Waals surface area contributed by atoms with Crippen LogP contribution in [0.15, 0.2) is 54.7 Å². The first-order valence-electron chi connectivity index (χ1n) is 10.2. The van der Waals surface area contributed by atoms with E-state index in [2.05, 4.69) is 40.6 Å². The maximum absolute atomic E-state index is 12.7. The van der Waals surface area contributed by atoms with E-state index in [9.17, 15) is 9.59 Å². The maximum Gasteiger partial charge on any atom is 0.246 e. The zero-order valence-corrected chi connectivity index (χ0v) is 16.2. The van der Waals surface area contributed by atoms with Gasteiger partial charge in [-0.1, -0.05) is 51.3 Å². The number of benzene rings is 1. The Balaban J connectivity index is 0.00000136. The average molecular weight is 418 g/mol. The second kappa shape index (κ2) is 9.29.